The fourth-order valence-electron chi connectivity index (χ4n) is 3.27. The number of nitrogens with zero attached hydrogens (tertiary/aromatic N) is 5. The first-order chi connectivity index (χ1) is 13.1. The highest BCUT2D eigenvalue weighted by Gasteiger charge is 2.29. The molecule has 138 valence electrons. The smallest absolute Gasteiger partial charge is 0.226 e. The van der Waals surface area contributed by atoms with Gasteiger partial charge < -0.3 is 16.4 Å². The molecule has 2 aromatic heterocycles. The molecule has 0 amide bonds. The lowest BCUT2D eigenvalue weighted by atomic mass is 9.81. The first kappa shape index (κ1) is 17.2. The average Bonchev–Trinajstić information content (AvgIpc) is 3.04. The highest BCUT2D eigenvalue weighted by atomic mass is 15.3. The number of aryl methyl sites for hydroxylation is 1. The van der Waals surface area contributed by atoms with Crippen LogP contribution in [0, 0.1) is 17.2 Å². The van der Waals surface area contributed by atoms with Crippen LogP contribution in [0.3, 0.4) is 0 Å². The number of anilines is 2. The second kappa shape index (κ2) is 7.21. The van der Waals surface area contributed by atoms with E-state index in [1.54, 1.807) is 10.9 Å². The standard InChI is InChI=1S/C19H22N8/c1-27-18-15(10-23-27)17(24-14-7-12(8-14)9-20)25-19(26-18)22-11-16(21)13-5-3-2-4-6-13/h2-6,10,12,14,16H,7-8,11,21H2,1H3,(H2,22,24,25,26). The van der Waals surface area contributed by atoms with Crippen LogP contribution < -0.4 is 16.4 Å². The SMILES string of the molecule is Cn1ncc2c(NC3CC(C#N)C3)nc(NCC(N)c3ccccc3)nc21. The summed E-state index contributed by atoms with van der Waals surface area (Å²) in [6, 6.07) is 12.3. The number of benzene rings is 1. The third kappa shape index (κ3) is 3.55. The van der Waals surface area contributed by atoms with Gasteiger partial charge >= 0.3 is 0 Å². The van der Waals surface area contributed by atoms with Crippen LogP contribution in [-0.2, 0) is 7.05 Å². The minimum atomic E-state index is -0.156. The lowest BCUT2D eigenvalue weighted by Crippen LogP contribution is -2.35. The zero-order valence-electron chi connectivity index (χ0n) is 15.1. The van der Waals surface area contributed by atoms with Crippen LogP contribution in [0.1, 0.15) is 24.4 Å². The molecule has 1 fully saturated rings. The van der Waals surface area contributed by atoms with Crippen molar-refractivity contribution in [1.82, 2.24) is 19.7 Å². The molecule has 0 saturated heterocycles. The van der Waals surface area contributed by atoms with Crippen molar-refractivity contribution >= 4 is 22.8 Å². The fraction of sp³-hybridized carbons (Fsp3) is 0.368. The molecule has 8 nitrogen and oxygen atoms in total. The summed E-state index contributed by atoms with van der Waals surface area (Å²) >= 11 is 0. The molecule has 0 bridgehead atoms. The van der Waals surface area contributed by atoms with E-state index in [4.69, 9.17) is 11.0 Å². The Kier molecular flexibility index (Phi) is 4.60. The normalized spacial score (nSPS) is 19.9. The van der Waals surface area contributed by atoms with Gasteiger partial charge in [-0.15, -0.1) is 0 Å². The van der Waals surface area contributed by atoms with Gasteiger partial charge in [0.1, 0.15) is 5.82 Å². The molecule has 4 N–H and O–H groups in total. The summed E-state index contributed by atoms with van der Waals surface area (Å²) in [6.45, 7) is 0.521. The Morgan fingerprint density at radius 3 is 2.81 bits per heavy atom. The Morgan fingerprint density at radius 1 is 1.30 bits per heavy atom. The Morgan fingerprint density at radius 2 is 2.07 bits per heavy atom. The minimum absolute atomic E-state index is 0.134. The van der Waals surface area contributed by atoms with E-state index in [0.717, 1.165) is 35.3 Å². The summed E-state index contributed by atoms with van der Waals surface area (Å²) in [7, 11) is 1.85. The number of fused-ring (bicyclic) bond motifs is 1. The molecule has 4 rings (SSSR count). The van der Waals surface area contributed by atoms with Crippen molar-refractivity contribution in [2.75, 3.05) is 17.2 Å². The summed E-state index contributed by atoms with van der Waals surface area (Å²) in [4.78, 5) is 9.20. The molecule has 1 aliphatic carbocycles. The number of rotatable bonds is 6. The predicted molar refractivity (Wildman–Crippen MR) is 104 cm³/mol. The lowest BCUT2D eigenvalue weighted by molar-refractivity contribution is 0.353. The van der Waals surface area contributed by atoms with Gasteiger partial charge in [0.25, 0.3) is 0 Å². The third-order valence-electron chi connectivity index (χ3n) is 4.96. The van der Waals surface area contributed by atoms with E-state index in [0.29, 0.717) is 12.5 Å². The van der Waals surface area contributed by atoms with Crippen molar-refractivity contribution in [1.29, 1.82) is 5.26 Å². The largest absolute Gasteiger partial charge is 0.366 e. The van der Waals surface area contributed by atoms with Crippen LogP contribution in [0.25, 0.3) is 11.0 Å². The number of nitrogens with one attached hydrogen (secondary N) is 2. The van der Waals surface area contributed by atoms with Crippen molar-refractivity contribution < 1.29 is 0 Å². The van der Waals surface area contributed by atoms with Crippen molar-refractivity contribution in [2.45, 2.75) is 24.9 Å². The van der Waals surface area contributed by atoms with Gasteiger partial charge in [0.2, 0.25) is 5.95 Å². The maximum Gasteiger partial charge on any atom is 0.226 e. The molecule has 2 heterocycles. The van der Waals surface area contributed by atoms with E-state index in [2.05, 4.69) is 31.8 Å². The Bertz CT molecular complexity index is 969. The highest BCUT2D eigenvalue weighted by Crippen LogP contribution is 2.31. The molecule has 0 aliphatic heterocycles. The van der Waals surface area contributed by atoms with Crippen molar-refractivity contribution in [3.63, 3.8) is 0 Å². The van der Waals surface area contributed by atoms with Crippen molar-refractivity contribution in [3.05, 3.63) is 42.1 Å². The van der Waals surface area contributed by atoms with Gasteiger partial charge in [-0.2, -0.15) is 20.3 Å². The zero-order valence-corrected chi connectivity index (χ0v) is 15.1. The molecule has 3 aromatic rings. The van der Waals surface area contributed by atoms with Crippen molar-refractivity contribution in [2.24, 2.45) is 18.7 Å². The van der Waals surface area contributed by atoms with Crippen LogP contribution in [0.5, 0.6) is 0 Å². The first-order valence-electron chi connectivity index (χ1n) is 9.04. The molecule has 1 aliphatic rings. The van der Waals surface area contributed by atoms with E-state index >= 15 is 0 Å². The summed E-state index contributed by atoms with van der Waals surface area (Å²) in [6.07, 6.45) is 3.44. The third-order valence-corrected chi connectivity index (χ3v) is 4.96. The molecule has 1 saturated carbocycles. The van der Waals surface area contributed by atoms with E-state index in [1.165, 1.54) is 0 Å². The van der Waals surface area contributed by atoms with Crippen LogP contribution in [0.15, 0.2) is 36.5 Å². The minimum Gasteiger partial charge on any atom is -0.366 e. The summed E-state index contributed by atoms with van der Waals surface area (Å²) < 4.78 is 1.73. The first-order valence-corrected chi connectivity index (χ1v) is 9.04. The molecule has 8 heteroatoms. The Balaban J connectivity index is 1.52. The lowest BCUT2D eigenvalue weighted by Gasteiger charge is -2.31. The van der Waals surface area contributed by atoms with Gasteiger partial charge in [-0.1, -0.05) is 30.3 Å². The van der Waals surface area contributed by atoms with Gasteiger partial charge in [0, 0.05) is 25.7 Å². The van der Waals surface area contributed by atoms with Crippen LogP contribution >= 0.6 is 0 Å². The monoisotopic (exact) mass is 362 g/mol. The topological polar surface area (TPSA) is 117 Å². The summed E-state index contributed by atoms with van der Waals surface area (Å²) in [5.41, 5.74) is 8.07. The quantitative estimate of drug-likeness (QED) is 0.615. The highest BCUT2D eigenvalue weighted by molar-refractivity contribution is 5.87. The number of hydrogen-bond acceptors (Lipinski definition) is 7. The second-order valence-electron chi connectivity index (χ2n) is 6.94. The van der Waals surface area contributed by atoms with E-state index in [9.17, 15) is 0 Å². The van der Waals surface area contributed by atoms with E-state index in [-0.39, 0.29) is 18.0 Å². The molecule has 0 radical (unpaired) electrons. The number of aromatic nitrogens is 4. The fourth-order valence-corrected chi connectivity index (χ4v) is 3.27. The van der Waals surface area contributed by atoms with E-state index in [1.807, 2.05) is 37.4 Å². The average molecular weight is 362 g/mol. The number of nitrogens with two attached hydrogens (primary N) is 1. The molecule has 1 unspecified atom stereocenters. The molecule has 0 spiro atoms. The summed E-state index contributed by atoms with van der Waals surface area (Å²) in [5.74, 6) is 1.39. The molecule has 1 aromatic carbocycles. The van der Waals surface area contributed by atoms with Gasteiger partial charge in [0.15, 0.2) is 5.65 Å². The molecule has 1 atom stereocenters. The zero-order chi connectivity index (χ0) is 18.8. The van der Waals surface area contributed by atoms with Crippen molar-refractivity contribution in [3.8, 4) is 6.07 Å². The van der Waals surface area contributed by atoms with Gasteiger partial charge in [-0.25, -0.2) is 0 Å². The van der Waals surface area contributed by atoms with E-state index < -0.39 is 0 Å². The van der Waals surface area contributed by atoms with Crippen LogP contribution in [-0.4, -0.2) is 32.3 Å². The van der Waals surface area contributed by atoms with Gasteiger partial charge in [-0.3, -0.25) is 4.68 Å². The molecular formula is C19H22N8. The second-order valence-corrected chi connectivity index (χ2v) is 6.94. The van der Waals surface area contributed by atoms with Gasteiger partial charge in [0.05, 0.1) is 23.6 Å². The van der Waals surface area contributed by atoms with Crippen LogP contribution in [0.2, 0.25) is 0 Å². The van der Waals surface area contributed by atoms with Crippen LogP contribution in [0.4, 0.5) is 11.8 Å². The predicted octanol–water partition coefficient (Wildman–Crippen LogP) is 2.19. The molecule has 27 heavy (non-hydrogen) atoms. The maximum absolute atomic E-state index is 8.97. The van der Waals surface area contributed by atoms with Gasteiger partial charge in [-0.05, 0) is 18.4 Å². The number of nitriles is 1. The number of hydrogen-bond donors (Lipinski definition) is 3. The Labute approximate surface area is 157 Å². The maximum atomic E-state index is 8.97. The molecular weight excluding hydrogens is 340 g/mol. The Hall–Kier alpha value is -3.18. The summed E-state index contributed by atoms with van der Waals surface area (Å²) in [5, 5.41) is 20.8.